The van der Waals surface area contributed by atoms with Crippen molar-refractivity contribution in [3.8, 4) is 27.9 Å². The average molecular weight is 1140 g/mol. The number of carbonyl (C=O) groups excluding carboxylic acids is 1. The molecule has 2 aromatic heterocycles. The monoisotopic (exact) mass is 1140 g/mol. The summed E-state index contributed by atoms with van der Waals surface area (Å²) in [7, 11) is 0. The number of aromatic nitrogens is 1. The second kappa shape index (κ2) is 20.8. The first kappa shape index (κ1) is 55.9. The second-order valence-electron chi connectivity index (χ2n) is 21.6. The Bertz CT molecular complexity index is 4020. The molecule has 82 heavy (non-hydrogen) atoms. The van der Waals surface area contributed by atoms with Gasteiger partial charge in [0.05, 0.1) is 27.9 Å². The molecule has 2 heterocycles. The third kappa shape index (κ3) is 10.3. The summed E-state index contributed by atoms with van der Waals surface area (Å²) in [6.45, 7) is 0. The van der Waals surface area contributed by atoms with Crippen molar-refractivity contribution in [2.24, 2.45) is 11.8 Å². The third-order valence-corrected chi connectivity index (χ3v) is 16.5. The molecule has 1 unspecified atom stereocenters. The molecule has 11 rings (SSSR count). The highest BCUT2D eigenvalue weighted by atomic mass is 19.4. The van der Waals surface area contributed by atoms with E-state index in [2.05, 4.69) is 0 Å². The molecule has 0 spiro atoms. The lowest BCUT2D eigenvalue weighted by Crippen LogP contribution is -2.32. The maximum atomic E-state index is 15.3. The minimum Gasteiger partial charge on any atom is -0.481 e. The molecule has 0 saturated heterocycles. The summed E-state index contributed by atoms with van der Waals surface area (Å²) in [5.74, 6) is -2.15. The van der Waals surface area contributed by atoms with Crippen LogP contribution in [-0.4, -0.2) is 21.9 Å². The molecule has 0 radical (unpaired) electrons. The molecule has 2 aliphatic rings. The minimum absolute atomic E-state index is 0.0413. The van der Waals surface area contributed by atoms with E-state index in [1.54, 1.807) is 12.1 Å². The van der Waals surface area contributed by atoms with Gasteiger partial charge < -0.3 is 9.52 Å². The van der Waals surface area contributed by atoms with E-state index in [1.807, 2.05) is 0 Å². The summed E-state index contributed by atoms with van der Waals surface area (Å²) < 4.78 is 182. The average Bonchev–Trinajstić information content (AvgIpc) is 1.20. The SMILES string of the molecule is O=Cc1ccc(C(C(=O)O)c2ccc(-n3c(=O)c4cc(-c5cc(C(F)(F)F)cc(C(F)(F)F)c5)c5oc6ccccc6c6c(-c7cc(C(F)(F)F)cc(C(F)(F)F)c7)cc(c3=O)c4c56)cc2)c(CC2CCCCC2)c1CC1CCCCC1. The number of benzene rings is 7. The Balaban J connectivity index is 1.19. The van der Waals surface area contributed by atoms with Gasteiger partial charge in [-0.3, -0.25) is 19.2 Å². The maximum Gasteiger partial charge on any atom is 0.416 e. The van der Waals surface area contributed by atoms with E-state index < -0.39 is 114 Å². The summed E-state index contributed by atoms with van der Waals surface area (Å²) in [5.41, 5.74) is -10.6. The van der Waals surface area contributed by atoms with Crippen molar-refractivity contribution in [3.63, 3.8) is 0 Å². The molecule has 19 heteroatoms. The Labute approximate surface area is 458 Å². The second-order valence-corrected chi connectivity index (χ2v) is 21.6. The number of fused-ring (bicyclic) bond motifs is 2. The van der Waals surface area contributed by atoms with E-state index in [0.717, 1.165) is 93.8 Å². The molecule has 2 aliphatic carbocycles. The van der Waals surface area contributed by atoms with E-state index in [9.17, 15) is 67.4 Å². The van der Waals surface area contributed by atoms with E-state index >= 15 is 9.59 Å². The third-order valence-electron chi connectivity index (χ3n) is 16.5. The molecule has 2 fully saturated rings. The van der Waals surface area contributed by atoms with Crippen LogP contribution in [0.1, 0.15) is 125 Å². The van der Waals surface area contributed by atoms with Gasteiger partial charge in [0.1, 0.15) is 23.4 Å². The lowest BCUT2D eigenvalue weighted by atomic mass is 9.75. The molecule has 1 atom stereocenters. The van der Waals surface area contributed by atoms with Crippen molar-refractivity contribution in [2.75, 3.05) is 0 Å². The smallest absolute Gasteiger partial charge is 0.416 e. The zero-order valence-corrected chi connectivity index (χ0v) is 43.2. The lowest BCUT2D eigenvalue weighted by molar-refractivity contribution is -0.144. The van der Waals surface area contributed by atoms with Crippen molar-refractivity contribution in [1.82, 2.24) is 4.57 Å². The molecule has 7 aromatic carbocycles. The summed E-state index contributed by atoms with van der Waals surface area (Å²) in [5, 5.41) is 9.00. The number of aliphatic carboxylic acids is 1. The fourth-order valence-electron chi connectivity index (χ4n) is 12.7. The number of carbonyl (C=O) groups is 2. The number of rotatable bonds is 11. The van der Waals surface area contributed by atoms with Crippen LogP contribution in [0.2, 0.25) is 0 Å². The van der Waals surface area contributed by atoms with Gasteiger partial charge in [0.25, 0.3) is 11.1 Å². The van der Waals surface area contributed by atoms with Gasteiger partial charge in [-0.1, -0.05) is 107 Å². The van der Waals surface area contributed by atoms with Crippen molar-refractivity contribution < 1.29 is 71.8 Å². The molecule has 424 valence electrons. The Morgan fingerprint density at radius 2 is 1.02 bits per heavy atom. The fourth-order valence-corrected chi connectivity index (χ4v) is 12.7. The number of hydrogen-bond acceptors (Lipinski definition) is 5. The predicted octanol–water partition coefficient (Wildman–Crippen LogP) is 17.5. The number of hydrogen-bond donors (Lipinski definition) is 1. The summed E-state index contributed by atoms with van der Waals surface area (Å²) >= 11 is 0. The van der Waals surface area contributed by atoms with Gasteiger partial charge >= 0.3 is 30.7 Å². The molecule has 0 bridgehead atoms. The number of nitrogens with zero attached hydrogens (tertiary/aromatic N) is 1. The van der Waals surface area contributed by atoms with Gasteiger partial charge in [-0.05, 0) is 130 Å². The van der Waals surface area contributed by atoms with Crippen molar-refractivity contribution >= 4 is 55.7 Å². The maximum absolute atomic E-state index is 15.3. The van der Waals surface area contributed by atoms with Crippen LogP contribution in [0.4, 0.5) is 52.7 Å². The van der Waals surface area contributed by atoms with Crippen LogP contribution < -0.4 is 11.1 Å². The number of aldehydes is 1. The molecule has 9 aromatic rings. The van der Waals surface area contributed by atoms with Crippen LogP contribution >= 0.6 is 0 Å². The van der Waals surface area contributed by atoms with Gasteiger partial charge in [0.2, 0.25) is 0 Å². The molecule has 0 amide bonds. The summed E-state index contributed by atoms with van der Waals surface area (Å²) in [6.07, 6.45) is -9.80. The quantitative estimate of drug-likeness (QED) is 0.0598. The fraction of sp³-hybridized carbons (Fsp3) is 0.302. The van der Waals surface area contributed by atoms with Crippen LogP contribution in [-0.2, 0) is 42.3 Å². The number of carboxylic acid groups (broad SMARTS) is 1. The van der Waals surface area contributed by atoms with Crippen LogP contribution in [0.3, 0.4) is 0 Å². The molecule has 1 N–H and O–H groups in total. The van der Waals surface area contributed by atoms with Gasteiger partial charge in [-0.2, -0.15) is 52.7 Å². The Morgan fingerprint density at radius 1 is 0.549 bits per heavy atom. The topological polar surface area (TPSA) is 107 Å². The first-order valence-electron chi connectivity index (χ1n) is 26.7. The van der Waals surface area contributed by atoms with Crippen molar-refractivity contribution in [1.29, 1.82) is 0 Å². The van der Waals surface area contributed by atoms with Gasteiger partial charge in [-0.25, -0.2) is 4.57 Å². The van der Waals surface area contributed by atoms with Crippen molar-refractivity contribution in [3.05, 3.63) is 180 Å². The van der Waals surface area contributed by atoms with Gasteiger partial charge in [-0.15, -0.1) is 0 Å². The van der Waals surface area contributed by atoms with Crippen LogP contribution in [0.25, 0.3) is 71.4 Å². The number of alkyl halides is 12. The predicted molar refractivity (Wildman–Crippen MR) is 285 cm³/mol. The lowest BCUT2D eigenvalue weighted by Gasteiger charge is -2.29. The first-order valence-corrected chi connectivity index (χ1v) is 26.7. The Hall–Kier alpha value is -7.96. The van der Waals surface area contributed by atoms with Gasteiger partial charge in [0.15, 0.2) is 0 Å². The van der Waals surface area contributed by atoms with E-state index in [4.69, 9.17) is 4.42 Å². The molecular formula is C63H47F12NO6. The number of carboxylic acids is 1. The highest BCUT2D eigenvalue weighted by Gasteiger charge is 2.40. The summed E-state index contributed by atoms with van der Waals surface area (Å²) in [4.78, 5) is 56.9. The van der Waals surface area contributed by atoms with Crippen LogP contribution in [0.5, 0.6) is 0 Å². The molecule has 0 aliphatic heterocycles. The Kier molecular flexibility index (Phi) is 14.2. The standard InChI is InChI=1S/C63H47F12NO6/c64-60(65,66)38-23-36(24-39(27-38)61(67,68)69)46-29-49-54-50(30-47(56-55(54)53(46)44-13-7-8-14-51(44)82-56)37-25-40(62(70,71)72)28-41(26-37)63(73,74)75)58(79)76(57(49)78)42-18-15-34(16-19-42)52(59(80)81)43-20-17-35(31-77)45(21-32-9-3-1-4-10-32)48(43)22-33-11-5-2-6-12-33/h7-8,13-20,23-33,52H,1-6,9-12,21-22H2,(H,80,81). The number of pyridine rings is 1. The first-order chi connectivity index (χ1) is 38.8. The molecular weight excluding hydrogens is 1090 g/mol. The minimum atomic E-state index is -5.39. The van der Waals surface area contributed by atoms with E-state index in [-0.39, 0.29) is 57.0 Å². The largest absolute Gasteiger partial charge is 0.481 e. The van der Waals surface area contributed by atoms with Crippen LogP contribution in [0.15, 0.2) is 123 Å². The highest BCUT2D eigenvalue weighted by Crippen LogP contribution is 2.50. The van der Waals surface area contributed by atoms with Crippen LogP contribution in [0, 0.1) is 11.8 Å². The van der Waals surface area contributed by atoms with E-state index in [1.165, 1.54) is 48.5 Å². The number of para-hydroxylation sites is 1. The highest BCUT2D eigenvalue weighted by molar-refractivity contribution is 6.32. The summed E-state index contributed by atoms with van der Waals surface area (Å²) in [6, 6.07) is 17.0. The zero-order valence-electron chi connectivity index (χ0n) is 43.2. The normalized spacial score (nSPS) is 15.8. The Morgan fingerprint density at radius 3 is 1.51 bits per heavy atom. The van der Waals surface area contributed by atoms with E-state index in [0.29, 0.717) is 52.8 Å². The molecule has 2 saturated carbocycles. The molecule has 7 nitrogen and oxygen atoms in total. The van der Waals surface area contributed by atoms with Gasteiger partial charge in [0, 0.05) is 43.4 Å². The zero-order chi connectivity index (χ0) is 58.4. The number of halogens is 12. The van der Waals surface area contributed by atoms with Crippen molar-refractivity contribution in [2.45, 2.75) is 108 Å².